The average Bonchev–Trinajstić information content (AvgIpc) is 2.92. The van der Waals surface area contributed by atoms with Crippen molar-refractivity contribution in [2.45, 2.75) is 12.5 Å². The van der Waals surface area contributed by atoms with Crippen LogP contribution in [0.3, 0.4) is 0 Å². The van der Waals surface area contributed by atoms with Gasteiger partial charge in [0.15, 0.2) is 0 Å². The number of nitrogens with zero attached hydrogens (tertiary/aromatic N) is 2. The minimum Gasteiger partial charge on any atom is -0.354 e. The van der Waals surface area contributed by atoms with Gasteiger partial charge in [0.2, 0.25) is 5.91 Å². The van der Waals surface area contributed by atoms with Gasteiger partial charge in [-0.2, -0.15) is 0 Å². The third kappa shape index (κ3) is 2.73. The third-order valence-electron chi connectivity index (χ3n) is 3.72. The van der Waals surface area contributed by atoms with Crippen LogP contribution in [0, 0.1) is 0 Å². The van der Waals surface area contributed by atoms with Crippen LogP contribution < -0.4 is 16.0 Å². The number of pyridine rings is 1. The summed E-state index contributed by atoms with van der Waals surface area (Å²) < 4.78 is 0. The molecule has 1 aromatic carbocycles. The molecule has 0 spiro atoms. The molecule has 5 nitrogen and oxygen atoms in total. The van der Waals surface area contributed by atoms with E-state index in [-0.39, 0.29) is 11.9 Å². The molecular weight excluding hydrogens is 264 g/mol. The van der Waals surface area contributed by atoms with Gasteiger partial charge in [-0.3, -0.25) is 4.79 Å². The summed E-state index contributed by atoms with van der Waals surface area (Å²) in [6, 6.07) is 7.97. The standard InChI is InChI=1S/C16H18N4O/c1-2-15(21)19-13-3-4-14-11(9-13)5-7-18-16(14)20-8-6-12(17)10-20/h2-5,7,9,12H,1,6,8,10,17H2,(H,19,21)/t12-/m1/s1. The summed E-state index contributed by atoms with van der Waals surface area (Å²) in [6.07, 6.45) is 4.04. The maximum atomic E-state index is 11.4. The fourth-order valence-electron chi connectivity index (χ4n) is 2.66. The number of amides is 1. The van der Waals surface area contributed by atoms with Crippen molar-refractivity contribution >= 4 is 28.2 Å². The van der Waals surface area contributed by atoms with Crippen molar-refractivity contribution in [3.05, 3.63) is 43.1 Å². The number of aromatic nitrogens is 1. The van der Waals surface area contributed by atoms with E-state index in [1.807, 2.05) is 24.3 Å². The Morgan fingerprint density at radius 3 is 3.05 bits per heavy atom. The lowest BCUT2D eigenvalue weighted by molar-refractivity contribution is -0.111. The van der Waals surface area contributed by atoms with Gasteiger partial charge in [-0.15, -0.1) is 0 Å². The quantitative estimate of drug-likeness (QED) is 0.843. The van der Waals surface area contributed by atoms with Crippen LogP contribution >= 0.6 is 0 Å². The Bertz CT molecular complexity index is 698. The zero-order chi connectivity index (χ0) is 14.8. The largest absolute Gasteiger partial charge is 0.354 e. The van der Waals surface area contributed by atoms with E-state index in [1.165, 1.54) is 6.08 Å². The molecule has 0 bridgehead atoms. The van der Waals surface area contributed by atoms with Crippen LogP contribution in [0.25, 0.3) is 10.8 Å². The average molecular weight is 282 g/mol. The maximum absolute atomic E-state index is 11.4. The second kappa shape index (κ2) is 5.54. The van der Waals surface area contributed by atoms with E-state index in [2.05, 4.69) is 21.8 Å². The Hall–Kier alpha value is -2.40. The first-order valence-electron chi connectivity index (χ1n) is 7.00. The number of anilines is 2. The second-order valence-electron chi connectivity index (χ2n) is 5.26. The topological polar surface area (TPSA) is 71.2 Å². The molecule has 108 valence electrons. The van der Waals surface area contributed by atoms with E-state index in [9.17, 15) is 4.79 Å². The van der Waals surface area contributed by atoms with Gasteiger partial charge in [0.1, 0.15) is 5.82 Å². The highest BCUT2D eigenvalue weighted by atomic mass is 16.1. The van der Waals surface area contributed by atoms with Crippen molar-refractivity contribution in [2.75, 3.05) is 23.3 Å². The van der Waals surface area contributed by atoms with Crippen LogP contribution in [0.2, 0.25) is 0 Å². The number of hydrogen-bond donors (Lipinski definition) is 2. The van der Waals surface area contributed by atoms with Gasteiger partial charge in [0.05, 0.1) is 0 Å². The molecule has 1 aromatic heterocycles. The zero-order valence-electron chi connectivity index (χ0n) is 11.7. The predicted octanol–water partition coefficient (Wildman–Crippen LogP) is 1.90. The van der Waals surface area contributed by atoms with Gasteiger partial charge in [-0.25, -0.2) is 4.98 Å². The van der Waals surface area contributed by atoms with Crippen molar-refractivity contribution in [2.24, 2.45) is 5.73 Å². The van der Waals surface area contributed by atoms with Crippen LogP contribution in [0.15, 0.2) is 43.1 Å². The van der Waals surface area contributed by atoms with E-state index in [0.29, 0.717) is 0 Å². The molecule has 0 radical (unpaired) electrons. The molecule has 3 N–H and O–H groups in total. The fourth-order valence-corrected chi connectivity index (χ4v) is 2.66. The molecule has 1 aliphatic heterocycles. The minimum atomic E-state index is -0.214. The van der Waals surface area contributed by atoms with Crippen molar-refractivity contribution in [1.29, 1.82) is 0 Å². The van der Waals surface area contributed by atoms with Gasteiger partial charge in [0.25, 0.3) is 0 Å². The SMILES string of the molecule is C=CC(=O)Nc1ccc2c(N3CC[C@@H](N)C3)nccc2c1. The number of carbonyl (C=O) groups excluding carboxylic acids is 1. The van der Waals surface area contributed by atoms with E-state index in [1.54, 1.807) is 6.20 Å². The Kier molecular flexibility index (Phi) is 3.58. The molecular formula is C16H18N4O. The Morgan fingerprint density at radius 1 is 1.48 bits per heavy atom. The zero-order valence-corrected chi connectivity index (χ0v) is 11.7. The molecule has 2 heterocycles. The van der Waals surface area contributed by atoms with Gasteiger partial charge in [-0.05, 0) is 42.1 Å². The van der Waals surface area contributed by atoms with E-state index in [0.717, 1.165) is 41.8 Å². The summed E-state index contributed by atoms with van der Waals surface area (Å²) in [7, 11) is 0. The maximum Gasteiger partial charge on any atom is 0.247 e. The lowest BCUT2D eigenvalue weighted by Gasteiger charge is -2.19. The number of benzene rings is 1. The lowest BCUT2D eigenvalue weighted by atomic mass is 10.1. The molecule has 1 saturated heterocycles. The summed E-state index contributed by atoms with van der Waals surface area (Å²) in [5.74, 6) is 0.746. The first kappa shape index (κ1) is 13.6. The normalized spacial score (nSPS) is 18.0. The summed E-state index contributed by atoms with van der Waals surface area (Å²) in [6.45, 7) is 5.22. The van der Waals surface area contributed by atoms with Crippen LogP contribution in [0.1, 0.15) is 6.42 Å². The van der Waals surface area contributed by atoms with Gasteiger partial charge in [-0.1, -0.05) is 6.58 Å². The van der Waals surface area contributed by atoms with E-state index < -0.39 is 0 Å². The first-order chi connectivity index (χ1) is 10.2. The molecule has 5 heteroatoms. The predicted molar refractivity (Wildman–Crippen MR) is 85.4 cm³/mol. The van der Waals surface area contributed by atoms with Crippen molar-refractivity contribution in [3.8, 4) is 0 Å². The molecule has 0 aliphatic carbocycles. The highest BCUT2D eigenvalue weighted by Gasteiger charge is 2.21. The molecule has 3 rings (SSSR count). The van der Waals surface area contributed by atoms with E-state index >= 15 is 0 Å². The van der Waals surface area contributed by atoms with E-state index in [4.69, 9.17) is 5.73 Å². The van der Waals surface area contributed by atoms with Gasteiger partial charge >= 0.3 is 0 Å². The van der Waals surface area contributed by atoms with Crippen LogP contribution in [-0.4, -0.2) is 30.0 Å². The molecule has 2 aromatic rings. The first-order valence-corrected chi connectivity index (χ1v) is 7.00. The molecule has 1 fully saturated rings. The number of nitrogens with one attached hydrogen (secondary N) is 1. The number of fused-ring (bicyclic) bond motifs is 1. The second-order valence-corrected chi connectivity index (χ2v) is 5.26. The van der Waals surface area contributed by atoms with Crippen molar-refractivity contribution in [1.82, 2.24) is 4.98 Å². The molecule has 1 atom stereocenters. The number of carbonyl (C=O) groups is 1. The Morgan fingerprint density at radius 2 is 2.33 bits per heavy atom. The summed E-state index contributed by atoms with van der Waals surface area (Å²) >= 11 is 0. The van der Waals surface area contributed by atoms with Gasteiger partial charge in [0, 0.05) is 36.4 Å². The molecule has 0 saturated carbocycles. The Labute approximate surface area is 123 Å². The highest BCUT2D eigenvalue weighted by molar-refractivity contribution is 6.01. The molecule has 0 unspecified atom stereocenters. The highest BCUT2D eigenvalue weighted by Crippen LogP contribution is 2.28. The lowest BCUT2D eigenvalue weighted by Crippen LogP contribution is -2.26. The van der Waals surface area contributed by atoms with Gasteiger partial charge < -0.3 is 16.0 Å². The molecule has 1 amide bonds. The number of hydrogen-bond acceptors (Lipinski definition) is 4. The van der Waals surface area contributed by atoms with Crippen LogP contribution in [0.4, 0.5) is 11.5 Å². The third-order valence-corrected chi connectivity index (χ3v) is 3.72. The number of rotatable bonds is 3. The van der Waals surface area contributed by atoms with Crippen LogP contribution in [-0.2, 0) is 4.79 Å². The summed E-state index contributed by atoms with van der Waals surface area (Å²) in [5.41, 5.74) is 6.73. The van der Waals surface area contributed by atoms with Crippen LogP contribution in [0.5, 0.6) is 0 Å². The van der Waals surface area contributed by atoms with Crippen molar-refractivity contribution < 1.29 is 4.79 Å². The number of nitrogens with two attached hydrogens (primary N) is 1. The molecule has 21 heavy (non-hydrogen) atoms. The van der Waals surface area contributed by atoms with Crippen molar-refractivity contribution in [3.63, 3.8) is 0 Å². The Balaban J connectivity index is 1.96. The summed E-state index contributed by atoms with van der Waals surface area (Å²) in [4.78, 5) is 18.1. The minimum absolute atomic E-state index is 0.214. The molecule has 1 aliphatic rings. The smallest absolute Gasteiger partial charge is 0.247 e. The fraction of sp³-hybridized carbons (Fsp3) is 0.250. The summed E-state index contributed by atoms with van der Waals surface area (Å²) in [5, 5.41) is 4.89. The monoisotopic (exact) mass is 282 g/mol.